The molecule has 8 heteroatoms. The van der Waals surface area contributed by atoms with Crippen LogP contribution in [0.4, 0.5) is 5.82 Å². The van der Waals surface area contributed by atoms with Gasteiger partial charge in [-0.2, -0.15) is 0 Å². The molecule has 0 aromatic carbocycles. The van der Waals surface area contributed by atoms with E-state index in [0.29, 0.717) is 0 Å². The van der Waals surface area contributed by atoms with Gasteiger partial charge in [-0.1, -0.05) is 6.07 Å². The first-order chi connectivity index (χ1) is 12.1. The maximum atomic E-state index is 4.37. The summed E-state index contributed by atoms with van der Waals surface area (Å²) in [6, 6.07) is 8.03. The maximum absolute atomic E-state index is 4.37. The number of pyridine rings is 1. The van der Waals surface area contributed by atoms with E-state index in [2.05, 4.69) is 72.4 Å². The van der Waals surface area contributed by atoms with Crippen molar-refractivity contribution in [2.75, 3.05) is 32.5 Å². The lowest BCUT2D eigenvalue weighted by Crippen LogP contribution is -2.39. The highest BCUT2D eigenvalue weighted by Crippen LogP contribution is 2.14. The van der Waals surface area contributed by atoms with Gasteiger partial charge in [0, 0.05) is 56.8 Å². The van der Waals surface area contributed by atoms with Crippen molar-refractivity contribution in [3.63, 3.8) is 0 Å². The first kappa shape index (κ1) is 22.8. The van der Waals surface area contributed by atoms with E-state index in [-0.39, 0.29) is 24.0 Å². The van der Waals surface area contributed by atoms with Crippen LogP contribution in [0.2, 0.25) is 0 Å². The van der Waals surface area contributed by atoms with Crippen LogP contribution in [-0.2, 0) is 13.6 Å². The average Bonchev–Trinajstić information content (AvgIpc) is 2.92. The van der Waals surface area contributed by atoms with Crippen molar-refractivity contribution in [1.29, 1.82) is 0 Å². The third-order valence-electron chi connectivity index (χ3n) is 3.90. The smallest absolute Gasteiger partial charge is 0.193 e. The Morgan fingerprint density at radius 3 is 2.69 bits per heavy atom. The predicted octanol–water partition coefficient (Wildman–Crippen LogP) is 3.70. The fraction of sp³-hybridized carbons (Fsp3) is 0.444. The molecule has 0 aliphatic rings. The van der Waals surface area contributed by atoms with Crippen molar-refractivity contribution in [3.8, 4) is 0 Å². The summed E-state index contributed by atoms with van der Waals surface area (Å²) in [5.74, 6) is 1.84. The molecule has 0 amide bonds. The molecule has 6 nitrogen and oxygen atoms in total. The summed E-state index contributed by atoms with van der Waals surface area (Å²) < 4.78 is 3.22. The first-order valence-corrected chi connectivity index (χ1v) is 9.27. The Morgan fingerprint density at radius 2 is 2.08 bits per heavy atom. The molecular weight excluding hydrogens is 507 g/mol. The summed E-state index contributed by atoms with van der Waals surface area (Å²) in [5.41, 5.74) is 1.23. The van der Waals surface area contributed by atoms with E-state index in [4.69, 9.17) is 0 Å². The minimum absolute atomic E-state index is 0. The van der Waals surface area contributed by atoms with E-state index in [0.717, 1.165) is 48.7 Å². The van der Waals surface area contributed by atoms with Crippen LogP contribution < -0.4 is 10.6 Å². The highest BCUT2D eigenvalue weighted by atomic mass is 127. The largest absolute Gasteiger partial charge is 0.370 e. The summed E-state index contributed by atoms with van der Waals surface area (Å²) >= 11 is 3.51. The van der Waals surface area contributed by atoms with Gasteiger partial charge in [0.25, 0.3) is 0 Å². The van der Waals surface area contributed by atoms with E-state index in [9.17, 15) is 0 Å². The van der Waals surface area contributed by atoms with Crippen LogP contribution in [0.5, 0.6) is 0 Å². The van der Waals surface area contributed by atoms with Crippen molar-refractivity contribution in [2.45, 2.75) is 19.4 Å². The number of guanidine groups is 1. The fourth-order valence-electron chi connectivity index (χ4n) is 2.56. The molecule has 0 bridgehead atoms. The number of unbranched alkanes of at least 4 members (excludes halogenated alkanes) is 1. The molecule has 2 heterocycles. The highest BCUT2D eigenvalue weighted by molar-refractivity contribution is 14.0. The number of nitrogens with zero attached hydrogens (tertiary/aromatic N) is 4. The number of nitrogens with one attached hydrogen (secondary N) is 2. The zero-order valence-electron chi connectivity index (χ0n) is 15.6. The van der Waals surface area contributed by atoms with Crippen molar-refractivity contribution in [2.24, 2.45) is 12.0 Å². The standard InChI is InChI=1S/C18H27BrN6.HI/c1-20-18(25(3)14-16-12-15(19)13-24(16)2)23-11-7-6-10-22-17-8-4-5-9-21-17;/h4-5,8-9,12-13H,6-7,10-11,14H2,1-3H3,(H,20,23)(H,21,22);1H. The average molecular weight is 535 g/mol. The van der Waals surface area contributed by atoms with Gasteiger partial charge in [0.15, 0.2) is 5.96 Å². The molecular formula is C18H28BrIN6. The first-order valence-electron chi connectivity index (χ1n) is 8.47. The van der Waals surface area contributed by atoms with E-state index in [1.807, 2.05) is 25.2 Å². The monoisotopic (exact) mass is 534 g/mol. The minimum Gasteiger partial charge on any atom is -0.370 e. The molecule has 0 aliphatic heterocycles. The van der Waals surface area contributed by atoms with Crippen LogP contribution in [0.3, 0.4) is 0 Å². The van der Waals surface area contributed by atoms with Gasteiger partial charge in [0.05, 0.1) is 6.54 Å². The molecule has 144 valence electrons. The number of halogens is 2. The van der Waals surface area contributed by atoms with Crippen molar-refractivity contribution in [3.05, 3.63) is 46.8 Å². The van der Waals surface area contributed by atoms with E-state index >= 15 is 0 Å². The Balaban J connectivity index is 0.00000338. The molecule has 0 atom stereocenters. The molecule has 2 rings (SSSR count). The summed E-state index contributed by atoms with van der Waals surface area (Å²) in [4.78, 5) is 10.8. The summed E-state index contributed by atoms with van der Waals surface area (Å²) in [6.45, 7) is 2.63. The minimum atomic E-state index is 0. The van der Waals surface area contributed by atoms with Gasteiger partial charge in [0.1, 0.15) is 5.82 Å². The van der Waals surface area contributed by atoms with Gasteiger partial charge < -0.3 is 20.1 Å². The molecule has 0 aliphatic carbocycles. The predicted molar refractivity (Wildman–Crippen MR) is 123 cm³/mol. The third kappa shape index (κ3) is 7.53. The SMILES string of the molecule is CN=C(NCCCCNc1ccccn1)N(C)Cc1cc(Br)cn1C.I. The van der Waals surface area contributed by atoms with Gasteiger partial charge in [-0.25, -0.2) is 4.98 Å². The third-order valence-corrected chi connectivity index (χ3v) is 4.34. The number of hydrogen-bond acceptors (Lipinski definition) is 3. The van der Waals surface area contributed by atoms with Gasteiger partial charge in [-0.3, -0.25) is 4.99 Å². The molecule has 26 heavy (non-hydrogen) atoms. The zero-order chi connectivity index (χ0) is 18.1. The number of hydrogen-bond donors (Lipinski definition) is 2. The van der Waals surface area contributed by atoms with Crippen molar-refractivity contribution >= 4 is 51.7 Å². The van der Waals surface area contributed by atoms with E-state index in [1.165, 1.54) is 5.69 Å². The van der Waals surface area contributed by atoms with Crippen molar-refractivity contribution in [1.82, 2.24) is 19.8 Å². The Bertz CT molecular complexity index is 674. The quantitative estimate of drug-likeness (QED) is 0.235. The lowest BCUT2D eigenvalue weighted by Gasteiger charge is -2.22. The molecule has 0 fully saturated rings. The maximum Gasteiger partial charge on any atom is 0.193 e. The van der Waals surface area contributed by atoms with Crippen LogP contribution in [0, 0.1) is 0 Å². The lowest BCUT2D eigenvalue weighted by molar-refractivity contribution is 0.460. The van der Waals surface area contributed by atoms with Gasteiger partial charge in [0.2, 0.25) is 0 Å². The lowest BCUT2D eigenvalue weighted by atomic mass is 10.3. The van der Waals surface area contributed by atoms with Crippen LogP contribution in [0.15, 0.2) is 46.1 Å². The topological polar surface area (TPSA) is 57.5 Å². The van der Waals surface area contributed by atoms with Crippen LogP contribution >= 0.6 is 39.9 Å². The molecule has 0 unspecified atom stereocenters. The second kappa shape index (κ2) is 12.2. The molecule has 0 spiro atoms. The normalized spacial score (nSPS) is 11.0. The zero-order valence-corrected chi connectivity index (χ0v) is 19.5. The van der Waals surface area contributed by atoms with Crippen LogP contribution in [0.25, 0.3) is 0 Å². The Hall–Kier alpha value is -1.29. The van der Waals surface area contributed by atoms with E-state index in [1.54, 1.807) is 6.20 Å². The van der Waals surface area contributed by atoms with E-state index < -0.39 is 0 Å². The number of anilines is 1. The Labute approximate surface area is 181 Å². The second-order valence-corrected chi connectivity index (χ2v) is 6.86. The van der Waals surface area contributed by atoms with Gasteiger partial charge in [-0.15, -0.1) is 24.0 Å². The highest BCUT2D eigenvalue weighted by Gasteiger charge is 2.09. The Kier molecular flexibility index (Phi) is 10.6. The number of aromatic nitrogens is 2. The second-order valence-electron chi connectivity index (χ2n) is 5.94. The summed E-state index contributed by atoms with van der Waals surface area (Å²) in [5, 5.41) is 6.75. The number of aryl methyl sites for hydroxylation is 1. The summed E-state index contributed by atoms with van der Waals surface area (Å²) in [6.07, 6.45) is 6.01. The molecule has 2 N–H and O–H groups in total. The molecule has 0 saturated heterocycles. The molecule has 0 radical (unpaired) electrons. The summed E-state index contributed by atoms with van der Waals surface area (Å²) in [7, 11) is 5.93. The van der Waals surface area contributed by atoms with Gasteiger partial charge in [-0.05, 0) is 47.0 Å². The molecule has 0 saturated carbocycles. The fourth-order valence-corrected chi connectivity index (χ4v) is 3.13. The number of rotatable bonds is 8. The van der Waals surface area contributed by atoms with Crippen LogP contribution in [-0.4, -0.2) is 47.6 Å². The number of aliphatic imine (C=N–C) groups is 1. The Morgan fingerprint density at radius 1 is 1.31 bits per heavy atom. The van der Waals surface area contributed by atoms with Crippen LogP contribution in [0.1, 0.15) is 18.5 Å². The van der Waals surface area contributed by atoms with Crippen molar-refractivity contribution < 1.29 is 0 Å². The molecule has 2 aromatic rings. The van der Waals surface area contributed by atoms with Gasteiger partial charge >= 0.3 is 0 Å². The molecule has 2 aromatic heterocycles.